The first kappa shape index (κ1) is 26.1. The van der Waals surface area contributed by atoms with Crippen molar-refractivity contribution < 1.29 is 19.1 Å². The first-order valence-corrected chi connectivity index (χ1v) is 12.3. The number of H-pyrrole nitrogens is 1. The third kappa shape index (κ3) is 5.65. The lowest BCUT2D eigenvalue weighted by Gasteiger charge is -2.12. The molecule has 0 bridgehead atoms. The van der Waals surface area contributed by atoms with Crippen molar-refractivity contribution in [1.82, 2.24) is 29.8 Å². The summed E-state index contributed by atoms with van der Waals surface area (Å²) in [6, 6.07) is 16.2. The number of aromatic amines is 1. The Balaban J connectivity index is 1.30. The normalized spacial score (nSPS) is 10.8. The second-order valence-corrected chi connectivity index (χ2v) is 9.07. The van der Waals surface area contributed by atoms with Crippen LogP contribution in [-0.2, 0) is 11.3 Å². The van der Waals surface area contributed by atoms with Crippen molar-refractivity contribution in [2.24, 2.45) is 5.73 Å². The Kier molecular flexibility index (Phi) is 7.22. The molecule has 12 heteroatoms. The molecular formula is C28H26N8O4. The Labute approximate surface area is 228 Å². The molecule has 0 aliphatic carbocycles. The number of hydrogen-bond acceptors (Lipinski definition) is 7. The van der Waals surface area contributed by atoms with Gasteiger partial charge in [0.2, 0.25) is 5.95 Å². The average molecular weight is 539 g/mol. The highest BCUT2D eigenvalue weighted by atomic mass is 16.5. The molecular weight excluding hydrogens is 512 g/mol. The summed E-state index contributed by atoms with van der Waals surface area (Å²) in [4.78, 5) is 53.2. The number of carbonyl (C=O) groups is 3. The molecule has 5 aromatic rings. The molecule has 12 nitrogen and oxygen atoms in total. The molecule has 0 radical (unpaired) electrons. The van der Waals surface area contributed by atoms with E-state index in [0.29, 0.717) is 29.0 Å². The Morgan fingerprint density at radius 3 is 2.65 bits per heavy atom. The fourth-order valence-corrected chi connectivity index (χ4v) is 4.20. The van der Waals surface area contributed by atoms with Crippen LogP contribution in [0.2, 0.25) is 0 Å². The number of primary amides is 1. The fraction of sp³-hybridized carbons (Fsp3) is 0.143. The van der Waals surface area contributed by atoms with E-state index in [2.05, 4.69) is 30.6 Å². The zero-order chi connectivity index (χ0) is 28.2. The lowest BCUT2D eigenvalue weighted by Crippen LogP contribution is -2.28. The van der Waals surface area contributed by atoms with E-state index in [-0.39, 0.29) is 29.9 Å². The molecule has 3 amide bonds. The number of rotatable bonds is 9. The zero-order valence-electron chi connectivity index (χ0n) is 21.8. The van der Waals surface area contributed by atoms with Crippen molar-refractivity contribution in [1.29, 1.82) is 0 Å². The number of amides is 3. The van der Waals surface area contributed by atoms with Crippen molar-refractivity contribution in [2.45, 2.75) is 20.4 Å². The second kappa shape index (κ2) is 11.1. The van der Waals surface area contributed by atoms with Crippen LogP contribution in [0.25, 0.3) is 16.7 Å². The minimum atomic E-state index is -0.830. The van der Waals surface area contributed by atoms with Crippen molar-refractivity contribution in [2.75, 3.05) is 11.9 Å². The van der Waals surface area contributed by atoms with Gasteiger partial charge in [0.1, 0.15) is 17.8 Å². The first-order chi connectivity index (χ1) is 19.3. The number of nitrogens with two attached hydrogens (primary N) is 1. The van der Waals surface area contributed by atoms with Gasteiger partial charge in [0.25, 0.3) is 17.7 Å². The molecule has 3 heterocycles. The predicted octanol–water partition coefficient (Wildman–Crippen LogP) is 2.81. The standard InChI is InChI=1S/C28H26N8O4/c1-16-6-9-22(17(2)11-16)36-15-32-24(26(29)38)25(36)27(39)35-28-33-20-8-7-19(12-21(20)34-28)40-14-23(37)31-13-18-5-3-4-10-30-18/h3-12,15H,13-14H2,1-2H3,(H2,29,38)(H,31,37)(H2,33,34,35,39). The van der Waals surface area contributed by atoms with E-state index in [1.54, 1.807) is 30.5 Å². The molecule has 2 aromatic carbocycles. The van der Waals surface area contributed by atoms with E-state index >= 15 is 0 Å². The monoisotopic (exact) mass is 538 g/mol. The molecule has 0 saturated heterocycles. The maximum atomic E-state index is 13.3. The smallest absolute Gasteiger partial charge is 0.277 e. The fourth-order valence-electron chi connectivity index (χ4n) is 4.20. The number of ether oxygens (including phenoxy) is 1. The van der Waals surface area contributed by atoms with Gasteiger partial charge in [0.05, 0.1) is 29.0 Å². The molecule has 202 valence electrons. The summed E-state index contributed by atoms with van der Waals surface area (Å²) in [5.41, 5.74) is 9.83. The maximum absolute atomic E-state index is 13.3. The minimum absolute atomic E-state index is 0.0133. The van der Waals surface area contributed by atoms with Crippen LogP contribution in [0, 0.1) is 13.8 Å². The Bertz CT molecular complexity index is 1730. The topological polar surface area (TPSA) is 170 Å². The average Bonchev–Trinajstić information content (AvgIpc) is 3.55. The molecule has 0 spiro atoms. The van der Waals surface area contributed by atoms with Crippen molar-refractivity contribution >= 4 is 34.7 Å². The van der Waals surface area contributed by atoms with E-state index in [9.17, 15) is 14.4 Å². The van der Waals surface area contributed by atoms with Gasteiger partial charge in [-0.1, -0.05) is 23.8 Å². The quantitative estimate of drug-likeness (QED) is 0.224. The number of fused-ring (bicyclic) bond motifs is 1. The summed E-state index contributed by atoms with van der Waals surface area (Å²) in [7, 11) is 0. The summed E-state index contributed by atoms with van der Waals surface area (Å²) in [5.74, 6) is -1.18. The van der Waals surface area contributed by atoms with Crippen LogP contribution < -0.4 is 21.1 Å². The second-order valence-electron chi connectivity index (χ2n) is 9.07. The van der Waals surface area contributed by atoms with E-state index in [1.807, 2.05) is 44.2 Å². The molecule has 0 atom stereocenters. The van der Waals surface area contributed by atoms with E-state index in [1.165, 1.54) is 10.9 Å². The van der Waals surface area contributed by atoms with Crippen molar-refractivity contribution in [3.63, 3.8) is 0 Å². The lowest BCUT2D eigenvalue weighted by molar-refractivity contribution is -0.123. The van der Waals surface area contributed by atoms with Crippen LogP contribution >= 0.6 is 0 Å². The number of benzene rings is 2. The van der Waals surface area contributed by atoms with Crippen LogP contribution in [0.4, 0.5) is 5.95 Å². The van der Waals surface area contributed by atoms with Gasteiger partial charge < -0.3 is 20.8 Å². The number of aryl methyl sites for hydroxylation is 2. The van der Waals surface area contributed by atoms with Crippen molar-refractivity contribution in [3.05, 3.63) is 95.3 Å². The number of carbonyl (C=O) groups excluding carboxylic acids is 3. The highest BCUT2D eigenvalue weighted by molar-refractivity contribution is 6.10. The number of hydrogen-bond donors (Lipinski definition) is 4. The molecule has 0 saturated carbocycles. The first-order valence-electron chi connectivity index (χ1n) is 12.3. The summed E-state index contributed by atoms with van der Waals surface area (Å²) < 4.78 is 7.13. The van der Waals surface area contributed by atoms with Gasteiger partial charge in [-0.2, -0.15) is 0 Å². The minimum Gasteiger partial charge on any atom is -0.484 e. The summed E-state index contributed by atoms with van der Waals surface area (Å²) in [5, 5.41) is 5.43. The van der Waals surface area contributed by atoms with E-state index < -0.39 is 11.8 Å². The molecule has 0 fully saturated rings. The van der Waals surface area contributed by atoms with Gasteiger partial charge in [0.15, 0.2) is 12.3 Å². The van der Waals surface area contributed by atoms with Gasteiger partial charge in [-0.05, 0) is 49.7 Å². The van der Waals surface area contributed by atoms with Gasteiger partial charge in [-0.25, -0.2) is 9.97 Å². The Morgan fingerprint density at radius 2 is 1.90 bits per heavy atom. The van der Waals surface area contributed by atoms with Crippen LogP contribution in [0.1, 0.15) is 37.8 Å². The zero-order valence-corrected chi connectivity index (χ0v) is 21.8. The van der Waals surface area contributed by atoms with Crippen LogP contribution in [-0.4, -0.2) is 48.8 Å². The van der Waals surface area contributed by atoms with E-state index in [0.717, 1.165) is 16.8 Å². The highest BCUT2D eigenvalue weighted by Crippen LogP contribution is 2.23. The number of anilines is 1. The largest absolute Gasteiger partial charge is 0.484 e. The summed E-state index contributed by atoms with van der Waals surface area (Å²) in [6.45, 7) is 3.97. The lowest BCUT2D eigenvalue weighted by atomic mass is 10.1. The summed E-state index contributed by atoms with van der Waals surface area (Å²) in [6.07, 6.45) is 3.05. The van der Waals surface area contributed by atoms with E-state index in [4.69, 9.17) is 10.5 Å². The molecule has 5 rings (SSSR count). The van der Waals surface area contributed by atoms with Gasteiger partial charge >= 0.3 is 0 Å². The molecule has 3 aromatic heterocycles. The van der Waals surface area contributed by atoms with Gasteiger partial charge in [-0.3, -0.25) is 29.3 Å². The van der Waals surface area contributed by atoms with Crippen LogP contribution in [0.15, 0.2) is 67.1 Å². The highest BCUT2D eigenvalue weighted by Gasteiger charge is 2.25. The molecule has 0 aliphatic heterocycles. The molecule has 40 heavy (non-hydrogen) atoms. The SMILES string of the molecule is Cc1ccc(-n2cnc(C(N)=O)c2C(=O)Nc2nc3cc(OCC(=O)NCc4ccccn4)ccc3[nH]2)c(C)c1. The maximum Gasteiger partial charge on any atom is 0.277 e. The Morgan fingerprint density at radius 1 is 1.05 bits per heavy atom. The predicted molar refractivity (Wildman–Crippen MR) is 147 cm³/mol. The third-order valence-corrected chi connectivity index (χ3v) is 6.08. The summed E-state index contributed by atoms with van der Waals surface area (Å²) >= 11 is 0. The van der Waals surface area contributed by atoms with Crippen molar-refractivity contribution in [3.8, 4) is 11.4 Å². The van der Waals surface area contributed by atoms with Crippen LogP contribution in [0.3, 0.4) is 0 Å². The number of imidazole rings is 2. The number of pyridine rings is 1. The number of aromatic nitrogens is 5. The van der Waals surface area contributed by atoms with Gasteiger partial charge in [-0.15, -0.1) is 0 Å². The van der Waals surface area contributed by atoms with Gasteiger partial charge in [0, 0.05) is 12.3 Å². The third-order valence-electron chi connectivity index (χ3n) is 6.08. The number of nitrogens with one attached hydrogen (secondary N) is 3. The molecule has 0 unspecified atom stereocenters. The molecule has 0 aliphatic rings. The molecule has 5 N–H and O–H groups in total. The Hall–Kier alpha value is -5.52. The van der Waals surface area contributed by atoms with Crippen LogP contribution in [0.5, 0.6) is 5.75 Å². The number of nitrogens with zero attached hydrogens (tertiary/aromatic N) is 4.